The number of nitrogens with zero attached hydrogens (tertiary/aromatic N) is 1. The summed E-state index contributed by atoms with van der Waals surface area (Å²) in [5.74, 6) is -1.37. The topological polar surface area (TPSA) is 69.6 Å². The van der Waals surface area contributed by atoms with Crippen molar-refractivity contribution in [1.82, 2.24) is 10.2 Å². The van der Waals surface area contributed by atoms with Crippen molar-refractivity contribution >= 4 is 23.8 Å². The number of alkyl halides is 3. The van der Waals surface area contributed by atoms with E-state index in [-0.39, 0.29) is 24.1 Å². The number of rotatable bonds is 4. The molecule has 0 aromatic carbocycles. The SMILES string of the molecule is O=C(O)C1CCCCCN1C(=O)NCCSC(F)(F)F. The van der Waals surface area contributed by atoms with Crippen LogP contribution in [-0.2, 0) is 4.79 Å². The lowest BCUT2D eigenvalue weighted by atomic mass is 10.1. The summed E-state index contributed by atoms with van der Waals surface area (Å²) in [6.45, 7) is 0.168. The van der Waals surface area contributed by atoms with Gasteiger partial charge in [-0.1, -0.05) is 12.8 Å². The molecule has 116 valence electrons. The summed E-state index contributed by atoms with van der Waals surface area (Å²) >= 11 is -0.216. The van der Waals surface area contributed by atoms with Crippen molar-refractivity contribution in [2.24, 2.45) is 0 Å². The number of urea groups is 1. The zero-order valence-electron chi connectivity index (χ0n) is 10.8. The van der Waals surface area contributed by atoms with Crippen LogP contribution in [0.1, 0.15) is 25.7 Å². The lowest BCUT2D eigenvalue weighted by molar-refractivity contribution is -0.142. The average Bonchev–Trinajstić information content (AvgIpc) is 2.58. The van der Waals surface area contributed by atoms with Gasteiger partial charge in [-0.15, -0.1) is 0 Å². The van der Waals surface area contributed by atoms with E-state index in [0.717, 1.165) is 12.8 Å². The first-order valence-corrected chi connectivity index (χ1v) is 7.28. The van der Waals surface area contributed by atoms with Crippen molar-refractivity contribution in [2.75, 3.05) is 18.8 Å². The van der Waals surface area contributed by atoms with Gasteiger partial charge in [-0.3, -0.25) is 0 Å². The number of likely N-dealkylation sites (tertiary alicyclic amines) is 1. The summed E-state index contributed by atoms with van der Waals surface area (Å²) in [6.07, 6.45) is 2.65. The molecule has 1 rings (SSSR count). The third-order valence-corrected chi connectivity index (χ3v) is 3.68. The fourth-order valence-corrected chi connectivity index (χ4v) is 2.47. The zero-order valence-corrected chi connectivity index (χ0v) is 11.6. The molecule has 0 aromatic heterocycles. The first-order chi connectivity index (χ1) is 9.31. The Hall–Kier alpha value is -1.12. The number of hydrogen-bond acceptors (Lipinski definition) is 3. The summed E-state index contributed by atoms with van der Waals surface area (Å²) in [7, 11) is 0. The van der Waals surface area contributed by atoms with Gasteiger partial charge in [0.2, 0.25) is 0 Å². The summed E-state index contributed by atoms with van der Waals surface area (Å²) in [5.41, 5.74) is -4.32. The molecule has 0 aliphatic carbocycles. The van der Waals surface area contributed by atoms with Crippen LogP contribution in [0.4, 0.5) is 18.0 Å². The van der Waals surface area contributed by atoms with Crippen molar-refractivity contribution in [2.45, 2.75) is 37.2 Å². The Balaban J connectivity index is 2.44. The lowest BCUT2D eigenvalue weighted by Gasteiger charge is -2.27. The van der Waals surface area contributed by atoms with Crippen molar-refractivity contribution < 1.29 is 27.9 Å². The maximum Gasteiger partial charge on any atom is 0.441 e. The van der Waals surface area contributed by atoms with E-state index in [1.54, 1.807) is 0 Å². The Morgan fingerprint density at radius 2 is 2.00 bits per heavy atom. The second-order valence-electron chi connectivity index (χ2n) is 4.42. The Labute approximate surface area is 118 Å². The second kappa shape index (κ2) is 7.61. The van der Waals surface area contributed by atoms with Crippen LogP contribution in [0.5, 0.6) is 0 Å². The second-order valence-corrected chi connectivity index (χ2v) is 5.58. The predicted molar refractivity (Wildman–Crippen MR) is 68.5 cm³/mol. The zero-order chi connectivity index (χ0) is 15.2. The molecule has 1 aliphatic rings. The maximum atomic E-state index is 11.9. The number of carbonyl (C=O) groups excluding carboxylic acids is 1. The minimum absolute atomic E-state index is 0.147. The molecule has 0 aromatic rings. The summed E-state index contributed by atoms with van der Waals surface area (Å²) in [6, 6.07) is -1.50. The molecule has 2 N–H and O–H groups in total. The summed E-state index contributed by atoms with van der Waals surface area (Å²) in [4.78, 5) is 24.2. The van der Waals surface area contributed by atoms with Gasteiger partial charge in [0.15, 0.2) is 0 Å². The molecule has 1 heterocycles. The van der Waals surface area contributed by atoms with Gasteiger partial charge in [0.05, 0.1) is 0 Å². The van der Waals surface area contributed by atoms with E-state index in [4.69, 9.17) is 5.11 Å². The normalized spacial score (nSPS) is 20.4. The van der Waals surface area contributed by atoms with E-state index in [1.165, 1.54) is 4.90 Å². The van der Waals surface area contributed by atoms with Gasteiger partial charge in [0.1, 0.15) is 6.04 Å². The van der Waals surface area contributed by atoms with Crippen molar-refractivity contribution in [3.8, 4) is 0 Å². The highest BCUT2D eigenvalue weighted by molar-refractivity contribution is 8.00. The van der Waals surface area contributed by atoms with Gasteiger partial charge in [0.25, 0.3) is 0 Å². The van der Waals surface area contributed by atoms with Crippen LogP contribution in [0.2, 0.25) is 0 Å². The number of halogens is 3. The molecule has 2 amide bonds. The predicted octanol–water partition coefficient (Wildman–Crippen LogP) is 2.28. The average molecular weight is 314 g/mol. The van der Waals surface area contributed by atoms with E-state index < -0.39 is 23.6 Å². The molecular formula is C11H17F3N2O3S. The van der Waals surface area contributed by atoms with Crippen LogP contribution >= 0.6 is 11.8 Å². The third kappa shape index (κ3) is 5.89. The number of aliphatic carboxylic acids is 1. The summed E-state index contributed by atoms with van der Waals surface area (Å²) in [5, 5.41) is 11.4. The van der Waals surface area contributed by atoms with E-state index in [1.807, 2.05) is 0 Å². The highest BCUT2D eigenvalue weighted by Crippen LogP contribution is 2.29. The molecule has 20 heavy (non-hydrogen) atoms. The monoisotopic (exact) mass is 314 g/mol. The number of hydrogen-bond donors (Lipinski definition) is 2. The van der Waals surface area contributed by atoms with Gasteiger partial charge in [-0.05, 0) is 24.6 Å². The molecule has 1 atom stereocenters. The van der Waals surface area contributed by atoms with Crippen LogP contribution in [-0.4, -0.2) is 52.4 Å². The molecule has 0 spiro atoms. The van der Waals surface area contributed by atoms with Gasteiger partial charge in [0, 0.05) is 18.8 Å². The molecule has 1 unspecified atom stereocenters. The standard InChI is InChI=1S/C11H17F3N2O3S/c12-11(13,14)20-7-5-15-10(19)16-6-3-1-2-4-8(16)9(17)18/h8H,1-7H2,(H,15,19)(H,17,18). The van der Waals surface area contributed by atoms with Crippen molar-refractivity contribution in [1.29, 1.82) is 0 Å². The number of carboxylic acid groups (broad SMARTS) is 1. The lowest BCUT2D eigenvalue weighted by Crippen LogP contribution is -2.49. The highest BCUT2D eigenvalue weighted by atomic mass is 32.2. The maximum absolute atomic E-state index is 11.9. The number of nitrogens with one attached hydrogen (secondary N) is 1. The smallest absolute Gasteiger partial charge is 0.441 e. The Kier molecular flexibility index (Phi) is 6.44. The van der Waals surface area contributed by atoms with Crippen molar-refractivity contribution in [3.63, 3.8) is 0 Å². The third-order valence-electron chi connectivity index (χ3n) is 2.94. The van der Waals surface area contributed by atoms with Crippen LogP contribution in [0.15, 0.2) is 0 Å². The quantitative estimate of drug-likeness (QED) is 0.781. The van der Waals surface area contributed by atoms with Crippen molar-refractivity contribution in [3.05, 3.63) is 0 Å². The Morgan fingerprint density at radius 3 is 2.60 bits per heavy atom. The molecule has 5 nitrogen and oxygen atoms in total. The molecule has 0 bridgehead atoms. The van der Waals surface area contributed by atoms with E-state index in [2.05, 4.69) is 5.32 Å². The first-order valence-electron chi connectivity index (χ1n) is 6.29. The van der Waals surface area contributed by atoms with Gasteiger partial charge in [-0.2, -0.15) is 13.2 Å². The minimum Gasteiger partial charge on any atom is -0.480 e. The summed E-state index contributed by atoms with van der Waals surface area (Å²) < 4.78 is 35.8. The highest BCUT2D eigenvalue weighted by Gasteiger charge is 2.31. The Bertz CT molecular complexity index is 352. The van der Waals surface area contributed by atoms with Crippen LogP contribution in [0.25, 0.3) is 0 Å². The minimum atomic E-state index is -4.32. The molecule has 0 radical (unpaired) electrons. The fourth-order valence-electron chi connectivity index (χ4n) is 2.03. The van der Waals surface area contributed by atoms with E-state index >= 15 is 0 Å². The molecule has 0 saturated carbocycles. The number of carboxylic acids is 1. The molecule has 1 aliphatic heterocycles. The van der Waals surface area contributed by atoms with E-state index in [9.17, 15) is 22.8 Å². The Morgan fingerprint density at radius 1 is 1.30 bits per heavy atom. The van der Waals surface area contributed by atoms with Gasteiger partial charge < -0.3 is 15.3 Å². The molecule has 1 fully saturated rings. The largest absolute Gasteiger partial charge is 0.480 e. The molecular weight excluding hydrogens is 297 g/mol. The van der Waals surface area contributed by atoms with Crippen LogP contribution in [0, 0.1) is 0 Å². The molecule has 9 heteroatoms. The van der Waals surface area contributed by atoms with E-state index in [0.29, 0.717) is 19.4 Å². The van der Waals surface area contributed by atoms with Crippen LogP contribution in [0.3, 0.4) is 0 Å². The number of carbonyl (C=O) groups is 2. The van der Waals surface area contributed by atoms with Crippen LogP contribution < -0.4 is 5.32 Å². The van der Waals surface area contributed by atoms with Gasteiger partial charge >= 0.3 is 17.5 Å². The number of thioether (sulfide) groups is 1. The fraction of sp³-hybridized carbons (Fsp3) is 0.818. The first kappa shape index (κ1) is 16.9. The molecule has 1 saturated heterocycles. The van der Waals surface area contributed by atoms with Gasteiger partial charge in [-0.25, -0.2) is 9.59 Å². The number of amides is 2.